The molecule has 2 aromatic rings. The molecule has 5 nitrogen and oxygen atoms in total. The lowest BCUT2D eigenvalue weighted by atomic mass is 10.2. The molecule has 1 unspecified atom stereocenters. The minimum absolute atomic E-state index is 0.0563. The first kappa shape index (κ1) is 25.5. The van der Waals surface area contributed by atoms with E-state index in [1.54, 1.807) is 12.1 Å². The Kier molecular flexibility index (Phi) is 11.8. The summed E-state index contributed by atoms with van der Waals surface area (Å²) >= 11 is 3.46. The maximum Gasteiger partial charge on any atom is 0.287 e. The van der Waals surface area contributed by atoms with Crippen molar-refractivity contribution in [3.8, 4) is 5.75 Å². The molecular formula is C25H37BrN2O3. The number of unbranched alkanes of at least 4 members (excludes halogenated alkanes) is 4. The SMILES string of the molecule is CCCCCN(CCCCC)CC(C)NC(=O)c1ccc(COc2ccccc2Br)o1. The van der Waals surface area contributed by atoms with Crippen molar-refractivity contribution in [2.75, 3.05) is 19.6 Å². The average Bonchev–Trinajstić information content (AvgIpc) is 3.22. The Labute approximate surface area is 195 Å². The third kappa shape index (κ3) is 9.48. The predicted octanol–water partition coefficient (Wildman–Crippen LogP) is 6.42. The van der Waals surface area contributed by atoms with Gasteiger partial charge in [-0.05, 0) is 73.1 Å². The number of amides is 1. The molecule has 1 aromatic heterocycles. The topological polar surface area (TPSA) is 54.7 Å². The van der Waals surface area contributed by atoms with Crippen molar-refractivity contribution >= 4 is 21.8 Å². The van der Waals surface area contributed by atoms with Crippen LogP contribution in [0.2, 0.25) is 0 Å². The molecule has 0 aliphatic heterocycles. The normalized spacial score (nSPS) is 12.2. The van der Waals surface area contributed by atoms with Gasteiger partial charge in [0.25, 0.3) is 5.91 Å². The summed E-state index contributed by atoms with van der Waals surface area (Å²) in [5.41, 5.74) is 0. The molecule has 0 bridgehead atoms. The molecule has 0 radical (unpaired) electrons. The van der Waals surface area contributed by atoms with Gasteiger partial charge in [0.15, 0.2) is 5.76 Å². The second-order valence-electron chi connectivity index (χ2n) is 8.07. The van der Waals surface area contributed by atoms with Gasteiger partial charge in [-0.2, -0.15) is 0 Å². The van der Waals surface area contributed by atoms with E-state index in [4.69, 9.17) is 9.15 Å². The number of furan rings is 1. The van der Waals surface area contributed by atoms with Crippen molar-refractivity contribution in [1.29, 1.82) is 0 Å². The number of nitrogens with one attached hydrogen (secondary N) is 1. The number of nitrogens with zero attached hydrogens (tertiary/aromatic N) is 1. The highest BCUT2D eigenvalue weighted by Gasteiger charge is 2.16. The summed E-state index contributed by atoms with van der Waals surface area (Å²) in [6, 6.07) is 11.2. The number of hydrogen-bond acceptors (Lipinski definition) is 4. The fourth-order valence-corrected chi connectivity index (χ4v) is 3.88. The van der Waals surface area contributed by atoms with Gasteiger partial charge in [-0.1, -0.05) is 51.7 Å². The molecule has 0 saturated carbocycles. The summed E-state index contributed by atoms with van der Waals surface area (Å²) in [6.07, 6.45) is 7.37. The van der Waals surface area contributed by atoms with E-state index in [1.165, 1.54) is 38.5 Å². The molecule has 6 heteroatoms. The highest BCUT2D eigenvalue weighted by molar-refractivity contribution is 9.10. The zero-order valence-corrected chi connectivity index (χ0v) is 20.7. The summed E-state index contributed by atoms with van der Waals surface area (Å²) < 4.78 is 12.4. The van der Waals surface area contributed by atoms with Gasteiger partial charge in [-0.25, -0.2) is 0 Å². The van der Waals surface area contributed by atoms with Crippen molar-refractivity contribution in [3.63, 3.8) is 0 Å². The number of halogens is 1. The number of hydrogen-bond donors (Lipinski definition) is 1. The van der Waals surface area contributed by atoms with E-state index >= 15 is 0 Å². The summed E-state index contributed by atoms with van der Waals surface area (Å²) in [6.45, 7) is 9.83. The molecule has 1 atom stereocenters. The number of para-hydroxylation sites is 1. The van der Waals surface area contributed by atoms with Gasteiger partial charge in [0.2, 0.25) is 0 Å². The third-order valence-electron chi connectivity index (χ3n) is 5.16. The van der Waals surface area contributed by atoms with Gasteiger partial charge >= 0.3 is 0 Å². The Hall–Kier alpha value is -1.79. The van der Waals surface area contributed by atoms with Gasteiger partial charge < -0.3 is 19.4 Å². The first-order valence-electron chi connectivity index (χ1n) is 11.5. The minimum Gasteiger partial charge on any atom is -0.484 e. The van der Waals surface area contributed by atoms with Crippen LogP contribution >= 0.6 is 15.9 Å². The maximum atomic E-state index is 12.6. The first-order chi connectivity index (χ1) is 15.0. The largest absolute Gasteiger partial charge is 0.484 e. The van der Waals surface area contributed by atoms with Crippen LogP contribution in [0.25, 0.3) is 0 Å². The highest BCUT2D eigenvalue weighted by Crippen LogP contribution is 2.25. The third-order valence-corrected chi connectivity index (χ3v) is 5.81. The summed E-state index contributed by atoms with van der Waals surface area (Å²) in [4.78, 5) is 15.1. The van der Waals surface area contributed by atoms with E-state index in [2.05, 4.69) is 46.9 Å². The van der Waals surface area contributed by atoms with Crippen LogP contribution in [-0.2, 0) is 6.61 Å². The van der Waals surface area contributed by atoms with Crippen molar-refractivity contribution < 1.29 is 13.9 Å². The molecule has 0 fully saturated rings. The van der Waals surface area contributed by atoms with Crippen LogP contribution in [-0.4, -0.2) is 36.5 Å². The van der Waals surface area contributed by atoms with Crippen molar-refractivity contribution in [1.82, 2.24) is 10.2 Å². The van der Waals surface area contributed by atoms with Crippen LogP contribution in [0.3, 0.4) is 0 Å². The summed E-state index contributed by atoms with van der Waals surface area (Å²) in [7, 11) is 0. The van der Waals surface area contributed by atoms with Crippen molar-refractivity contribution in [3.05, 3.63) is 52.4 Å². The van der Waals surface area contributed by atoms with Gasteiger partial charge in [-0.3, -0.25) is 4.79 Å². The zero-order valence-electron chi connectivity index (χ0n) is 19.2. The van der Waals surface area contributed by atoms with Crippen LogP contribution in [0.15, 0.2) is 45.3 Å². The smallest absolute Gasteiger partial charge is 0.287 e. The molecule has 0 aliphatic carbocycles. The number of benzene rings is 1. The molecule has 0 saturated heterocycles. The summed E-state index contributed by atoms with van der Waals surface area (Å²) in [5.74, 6) is 1.50. The fourth-order valence-electron chi connectivity index (χ4n) is 3.48. The van der Waals surface area contributed by atoms with E-state index in [1.807, 2.05) is 24.3 Å². The monoisotopic (exact) mass is 492 g/mol. The second-order valence-corrected chi connectivity index (χ2v) is 8.93. The van der Waals surface area contributed by atoms with E-state index in [0.717, 1.165) is 29.9 Å². The molecule has 172 valence electrons. The van der Waals surface area contributed by atoms with Crippen LogP contribution in [0.1, 0.15) is 75.6 Å². The Bertz CT molecular complexity index is 768. The Balaban J connectivity index is 1.83. The van der Waals surface area contributed by atoms with E-state index in [-0.39, 0.29) is 18.6 Å². The Morgan fingerprint density at radius 3 is 2.39 bits per heavy atom. The first-order valence-corrected chi connectivity index (χ1v) is 12.3. The standard InChI is InChI=1S/C25H37BrN2O3/c1-4-6-10-16-28(17-11-7-5-2)18-20(3)27-25(29)24-15-14-21(31-24)19-30-23-13-9-8-12-22(23)26/h8-9,12-15,20H,4-7,10-11,16-19H2,1-3H3,(H,27,29). The van der Waals surface area contributed by atoms with Gasteiger partial charge in [0, 0.05) is 12.6 Å². The van der Waals surface area contributed by atoms with Crippen LogP contribution < -0.4 is 10.1 Å². The number of carbonyl (C=O) groups excluding carboxylic acids is 1. The van der Waals surface area contributed by atoms with Gasteiger partial charge in [0.1, 0.15) is 18.1 Å². The number of carbonyl (C=O) groups is 1. The quantitative estimate of drug-likeness (QED) is 0.291. The fraction of sp³-hybridized carbons (Fsp3) is 0.560. The molecule has 0 aliphatic rings. The van der Waals surface area contributed by atoms with Gasteiger partial charge in [-0.15, -0.1) is 0 Å². The molecule has 31 heavy (non-hydrogen) atoms. The molecule has 1 amide bonds. The molecule has 1 N–H and O–H groups in total. The number of rotatable bonds is 15. The molecule has 1 heterocycles. The zero-order chi connectivity index (χ0) is 22.5. The Morgan fingerprint density at radius 1 is 1.06 bits per heavy atom. The highest BCUT2D eigenvalue weighted by atomic mass is 79.9. The van der Waals surface area contributed by atoms with Crippen molar-refractivity contribution in [2.45, 2.75) is 71.9 Å². The maximum absolute atomic E-state index is 12.6. The lowest BCUT2D eigenvalue weighted by Crippen LogP contribution is -2.42. The average molecular weight is 493 g/mol. The van der Waals surface area contributed by atoms with Crippen molar-refractivity contribution in [2.24, 2.45) is 0 Å². The Morgan fingerprint density at radius 2 is 1.74 bits per heavy atom. The number of ether oxygens (including phenoxy) is 1. The molecular weight excluding hydrogens is 456 g/mol. The molecule has 2 rings (SSSR count). The summed E-state index contributed by atoms with van der Waals surface area (Å²) in [5, 5.41) is 3.08. The lowest BCUT2D eigenvalue weighted by molar-refractivity contribution is 0.0896. The van der Waals surface area contributed by atoms with Gasteiger partial charge in [0.05, 0.1) is 4.47 Å². The van der Waals surface area contributed by atoms with E-state index in [0.29, 0.717) is 11.5 Å². The second kappa shape index (κ2) is 14.3. The lowest BCUT2D eigenvalue weighted by Gasteiger charge is -2.26. The van der Waals surface area contributed by atoms with E-state index < -0.39 is 0 Å². The van der Waals surface area contributed by atoms with Crippen LogP contribution in [0, 0.1) is 0 Å². The minimum atomic E-state index is -0.179. The molecule has 1 aromatic carbocycles. The molecule has 0 spiro atoms. The van der Waals surface area contributed by atoms with E-state index in [9.17, 15) is 4.79 Å². The van der Waals surface area contributed by atoms with Crippen LogP contribution in [0.4, 0.5) is 0 Å². The van der Waals surface area contributed by atoms with Crippen LogP contribution in [0.5, 0.6) is 5.75 Å². The predicted molar refractivity (Wildman–Crippen MR) is 130 cm³/mol.